The third-order valence-electron chi connectivity index (χ3n) is 7.62. The summed E-state index contributed by atoms with van der Waals surface area (Å²) in [5.74, 6) is -5.59. The molecule has 2 atom stereocenters. The summed E-state index contributed by atoms with van der Waals surface area (Å²) in [4.78, 5) is 48.7. The lowest BCUT2D eigenvalue weighted by Gasteiger charge is -2.30. The standard InChI is InChI=1S/C34H62O14S2/c1-6-11-14-17-19-22-24-44-30(35)27-29(32(37)46-26-23-20-18-15-12-7-2)49(39,40)48-34(33(38)43-9-4,50(41,42)47-10-5)28-31(36)45-25-21-16-13-8-3/h29H,6-28H2,1-5H3. The van der Waals surface area contributed by atoms with Gasteiger partial charge in [0.05, 0.1) is 39.5 Å². The Morgan fingerprint density at radius 1 is 0.540 bits per heavy atom. The largest absolute Gasteiger partial charge is 0.466 e. The summed E-state index contributed by atoms with van der Waals surface area (Å²) >= 11 is 0. The van der Waals surface area contributed by atoms with Crippen LogP contribution in [0.3, 0.4) is 0 Å². The highest BCUT2D eigenvalue weighted by Crippen LogP contribution is 2.33. The van der Waals surface area contributed by atoms with Gasteiger partial charge in [-0.05, 0) is 33.1 Å². The van der Waals surface area contributed by atoms with Crippen LogP contribution in [-0.4, -0.2) is 83.9 Å². The molecule has 0 amide bonds. The highest BCUT2D eigenvalue weighted by molar-refractivity contribution is 7.91. The van der Waals surface area contributed by atoms with Crippen LogP contribution in [-0.2, 0) is 66.7 Å². The lowest BCUT2D eigenvalue weighted by Crippen LogP contribution is -2.55. The zero-order valence-electron chi connectivity index (χ0n) is 30.9. The minimum atomic E-state index is -5.56. The van der Waals surface area contributed by atoms with Crippen molar-refractivity contribution >= 4 is 44.1 Å². The van der Waals surface area contributed by atoms with Gasteiger partial charge >= 0.3 is 38.9 Å². The molecule has 0 saturated carbocycles. The molecule has 294 valence electrons. The number of hydrogen-bond donors (Lipinski definition) is 0. The summed E-state index contributed by atoms with van der Waals surface area (Å²) in [6, 6.07) is 0. The van der Waals surface area contributed by atoms with Gasteiger partial charge in [0.1, 0.15) is 6.42 Å². The first-order chi connectivity index (χ1) is 23.8. The van der Waals surface area contributed by atoms with Crippen molar-refractivity contribution in [1.29, 1.82) is 0 Å². The number of carbonyl (C=O) groups excluding carboxylic acids is 4. The van der Waals surface area contributed by atoms with Crippen LogP contribution < -0.4 is 0 Å². The summed E-state index contributed by atoms with van der Waals surface area (Å²) in [5.41, 5.74) is 0. The molecule has 0 aromatic carbocycles. The van der Waals surface area contributed by atoms with Crippen molar-refractivity contribution in [3.8, 4) is 0 Å². The van der Waals surface area contributed by atoms with Crippen LogP contribution in [0.2, 0.25) is 0 Å². The molecule has 0 rings (SSSR count). The maximum absolute atomic E-state index is 13.9. The van der Waals surface area contributed by atoms with Gasteiger partial charge in [0, 0.05) is 0 Å². The van der Waals surface area contributed by atoms with E-state index in [1.165, 1.54) is 13.8 Å². The number of unbranched alkanes of at least 4 members (excludes halogenated alkanes) is 13. The van der Waals surface area contributed by atoms with Crippen LogP contribution in [0.5, 0.6) is 0 Å². The van der Waals surface area contributed by atoms with Crippen molar-refractivity contribution in [2.24, 2.45) is 0 Å². The van der Waals surface area contributed by atoms with Crippen molar-refractivity contribution in [2.75, 3.05) is 33.0 Å². The van der Waals surface area contributed by atoms with Crippen LogP contribution in [0, 0.1) is 0 Å². The molecule has 0 aromatic rings. The lowest BCUT2D eigenvalue weighted by atomic mass is 10.1. The molecule has 14 nitrogen and oxygen atoms in total. The first-order valence-electron chi connectivity index (χ1n) is 18.3. The van der Waals surface area contributed by atoms with E-state index < -0.39 is 80.4 Å². The summed E-state index contributed by atoms with van der Waals surface area (Å²) in [6.07, 6.45) is 10.6. The number of ether oxygens (including phenoxy) is 4. The average Bonchev–Trinajstić information content (AvgIpc) is 3.05. The highest BCUT2D eigenvalue weighted by Gasteiger charge is 2.61. The fraction of sp³-hybridized carbons (Fsp3) is 0.882. The molecule has 0 spiro atoms. The van der Waals surface area contributed by atoms with Crippen molar-refractivity contribution < 1.29 is 63.3 Å². The first-order valence-corrected chi connectivity index (χ1v) is 21.1. The van der Waals surface area contributed by atoms with Crippen molar-refractivity contribution in [2.45, 2.75) is 160 Å². The SMILES string of the molecule is CCCCCCCCOC(=O)CC(C(=O)OCCCCCCCC)S(=O)(=O)OC(CC(=O)OCCCCCC)(C(=O)OCC)S(=O)(=O)OCC. The predicted octanol–water partition coefficient (Wildman–Crippen LogP) is 6.04. The summed E-state index contributed by atoms with van der Waals surface area (Å²) in [5, 5.41) is -2.45. The van der Waals surface area contributed by atoms with Gasteiger partial charge in [-0.3, -0.25) is 18.6 Å². The molecule has 16 heteroatoms. The fourth-order valence-electron chi connectivity index (χ4n) is 4.79. The second kappa shape index (κ2) is 27.4. The van der Waals surface area contributed by atoms with Gasteiger partial charge < -0.3 is 18.9 Å². The van der Waals surface area contributed by atoms with Gasteiger partial charge in [-0.15, -0.1) is 0 Å². The van der Waals surface area contributed by atoms with Crippen LogP contribution in [0.15, 0.2) is 0 Å². The Labute approximate surface area is 300 Å². The zero-order valence-corrected chi connectivity index (χ0v) is 32.5. The molecular formula is C34H62O14S2. The number of rotatable bonds is 32. The second-order valence-electron chi connectivity index (χ2n) is 12.0. The number of esters is 4. The lowest BCUT2D eigenvalue weighted by molar-refractivity contribution is -0.162. The van der Waals surface area contributed by atoms with E-state index in [0.29, 0.717) is 32.1 Å². The molecule has 0 aliphatic heterocycles. The predicted molar refractivity (Wildman–Crippen MR) is 187 cm³/mol. The Kier molecular flexibility index (Phi) is 26.1. The second-order valence-corrected chi connectivity index (χ2v) is 15.5. The monoisotopic (exact) mass is 758 g/mol. The van der Waals surface area contributed by atoms with Crippen LogP contribution >= 0.6 is 0 Å². The summed E-state index contributed by atoms with van der Waals surface area (Å²) in [6.45, 7) is 7.31. The van der Waals surface area contributed by atoms with Gasteiger partial charge in [0.2, 0.25) is 0 Å². The van der Waals surface area contributed by atoms with Crippen molar-refractivity contribution in [1.82, 2.24) is 0 Å². The molecule has 0 aromatic heterocycles. The minimum Gasteiger partial charge on any atom is -0.466 e. The van der Waals surface area contributed by atoms with Gasteiger partial charge in [0.15, 0.2) is 5.25 Å². The smallest absolute Gasteiger partial charge is 0.359 e. The highest BCUT2D eigenvalue weighted by atomic mass is 32.2. The van der Waals surface area contributed by atoms with E-state index in [1.807, 2.05) is 6.92 Å². The van der Waals surface area contributed by atoms with Gasteiger partial charge in [-0.2, -0.15) is 16.8 Å². The van der Waals surface area contributed by atoms with E-state index in [2.05, 4.69) is 13.8 Å². The van der Waals surface area contributed by atoms with Gasteiger partial charge in [-0.1, -0.05) is 104 Å². The summed E-state index contributed by atoms with van der Waals surface area (Å²) < 4.78 is 84.9. The Morgan fingerprint density at radius 3 is 1.46 bits per heavy atom. The van der Waals surface area contributed by atoms with Crippen LogP contribution in [0.25, 0.3) is 0 Å². The molecule has 0 aliphatic rings. The van der Waals surface area contributed by atoms with Crippen molar-refractivity contribution in [3.63, 3.8) is 0 Å². The maximum Gasteiger partial charge on any atom is 0.359 e. The van der Waals surface area contributed by atoms with Crippen LogP contribution in [0.1, 0.15) is 150 Å². The Morgan fingerprint density at radius 2 is 0.980 bits per heavy atom. The normalized spacial score (nSPS) is 13.6. The van der Waals surface area contributed by atoms with E-state index in [-0.39, 0.29) is 19.8 Å². The van der Waals surface area contributed by atoms with E-state index in [4.69, 9.17) is 27.3 Å². The van der Waals surface area contributed by atoms with E-state index in [1.54, 1.807) is 0 Å². The first kappa shape index (κ1) is 47.7. The van der Waals surface area contributed by atoms with Crippen molar-refractivity contribution in [3.05, 3.63) is 0 Å². The topological polar surface area (TPSA) is 192 Å². The molecule has 0 N–H and O–H groups in total. The maximum atomic E-state index is 13.9. The molecule has 50 heavy (non-hydrogen) atoms. The quantitative estimate of drug-likeness (QED) is 0.0334. The average molecular weight is 759 g/mol. The molecule has 2 unspecified atom stereocenters. The molecule has 0 fully saturated rings. The minimum absolute atomic E-state index is 0.0407. The Balaban J connectivity index is 6.41. The Hall–Kier alpha value is -2.30. The third-order valence-corrected chi connectivity index (χ3v) is 11.0. The van der Waals surface area contributed by atoms with E-state index in [9.17, 15) is 36.0 Å². The molecule has 0 aliphatic carbocycles. The molecule has 0 saturated heterocycles. The number of carbonyl (C=O) groups is 4. The number of hydrogen-bond acceptors (Lipinski definition) is 14. The van der Waals surface area contributed by atoms with Gasteiger partial charge in [0.25, 0.3) is 10.1 Å². The summed E-state index contributed by atoms with van der Waals surface area (Å²) in [7, 11) is -11.0. The fourth-order valence-corrected chi connectivity index (χ4v) is 7.73. The van der Waals surface area contributed by atoms with Gasteiger partial charge in [-0.25, -0.2) is 8.98 Å². The Bertz CT molecular complexity index is 1190. The van der Waals surface area contributed by atoms with E-state index in [0.717, 1.165) is 70.6 Å². The zero-order chi connectivity index (χ0) is 37.9. The van der Waals surface area contributed by atoms with E-state index >= 15 is 0 Å². The molecule has 0 bridgehead atoms. The molecular weight excluding hydrogens is 696 g/mol. The molecule has 0 radical (unpaired) electrons. The molecule has 0 heterocycles. The van der Waals surface area contributed by atoms with Crippen LogP contribution in [0.4, 0.5) is 0 Å². The third kappa shape index (κ3) is 18.8.